The van der Waals surface area contributed by atoms with Crippen LogP contribution < -0.4 is 10.6 Å². The van der Waals surface area contributed by atoms with E-state index in [2.05, 4.69) is 29.7 Å². The molecule has 1 aliphatic rings. The van der Waals surface area contributed by atoms with Crippen LogP contribution in [-0.2, 0) is 17.7 Å². The molecule has 0 spiro atoms. The Morgan fingerprint density at radius 3 is 2.88 bits per heavy atom. The molecule has 1 aromatic heterocycles. The fraction of sp³-hybridized carbons (Fsp3) is 0.692. The Bertz CT molecular complexity index is 340. The number of aryl methyl sites for hydroxylation is 1. The fourth-order valence-corrected chi connectivity index (χ4v) is 3.13. The molecule has 0 amide bonds. The standard InChI is InChI=1S/C13H22N2OS/c1-3-11-4-5-12(17-11)7-15-6-10-8-16-9-13(10)14-2/h4-5,10,13-15H,3,6-9H2,1-2H3. The van der Waals surface area contributed by atoms with Gasteiger partial charge in [-0.3, -0.25) is 0 Å². The van der Waals surface area contributed by atoms with Gasteiger partial charge in [0, 0.05) is 34.8 Å². The van der Waals surface area contributed by atoms with E-state index in [1.54, 1.807) is 0 Å². The minimum atomic E-state index is 0.511. The lowest BCUT2D eigenvalue weighted by Gasteiger charge is -2.16. The second-order valence-electron chi connectivity index (χ2n) is 4.55. The van der Waals surface area contributed by atoms with E-state index in [1.807, 2.05) is 18.4 Å². The number of thiophene rings is 1. The molecule has 1 saturated heterocycles. The SMILES string of the molecule is CCc1ccc(CNCC2COCC2NC)s1. The van der Waals surface area contributed by atoms with Crippen LogP contribution in [0.4, 0.5) is 0 Å². The zero-order valence-corrected chi connectivity index (χ0v) is 11.5. The summed E-state index contributed by atoms with van der Waals surface area (Å²) in [6, 6.07) is 4.98. The van der Waals surface area contributed by atoms with Gasteiger partial charge in [0.1, 0.15) is 0 Å². The van der Waals surface area contributed by atoms with Gasteiger partial charge in [0.25, 0.3) is 0 Å². The summed E-state index contributed by atoms with van der Waals surface area (Å²) in [5.41, 5.74) is 0. The molecule has 3 nitrogen and oxygen atoms in total. The maximum atomic E-state index is 5.48. The van der Waals surface area contributed by atoms with Gasteiger partial charge in [-0.2, -0.15) is 0 Å². The van der Waals surface area contributed by atoms with Crippen molar-refractivity contribution in [1.82, 2.24) is 10.6 Å². The van der Waals surface area contributed by atoms with E-state index < -0.39 is 0 Å². The Labute approximate surface area is 108 Å². The quantitative estimate of drug-likeness (QED) is 0.809. The normalized spacial score (nSPS) is 24.4. The predicted molar refractivity (Wildman–Crippen MR) is 72.6 cm³/mol. The fourth-order valence-electron chi connectivity index (χ4n) is 2.21. The average Bonchev–Trinajstić information content (AvgIpc) is 2.97. The van der Waals surface area contributed by atoms with Gasteiger partial charge in [-0.05, 0) is 25.6 Å². The van der Waals surface area contributed by atoms with Gasteiger partial charge < -0.3 is 15.4 Å². The van der Waals surface area contributed by atoms with Crippen molar-refractivity contribution in [3.05, 3.63) is 21.9 Å². The summed E-state index contributed by atoms with van der Waals surface area (Å²) in [5.74, 6) is 0.602. The van der Waals surface area contributed by atoms with Gasteiger partial charge in [0.05, 0.1) is 13.2 Å². The zero-order valence-electron chi connectivity index (χ0n) is 10.7. The summed E-state index contributed by atoms with van der Waals surface area (Å²) in [4.78, 5) is 2.90. The minimum Gasteiger partial charge on any atom is -0.379 e. The first kappa shape index (κ1) is 13.0. The number of rotatable bonds is 6. The molecule has 0 saturated carbocycles. The first-order chi connectivity index (χ1) is 8.33. The molecular weight excluding hydrogens is 232 g/mol. The second kappa shape index (κ2) is 6.50. The van der Waals surface area contributed by atoms with Crippen LogP contribution in [0.2, 0.25) is 0 Å². The third-order valence-electron chi connectivity index (χ3n) is 3.34. The smallest absolute Gasteiger partial charge is 0.0623 e. The molecule has 96 valence electrons. The van der Waals surface area contributed by atoms with Crippen LogP contribution in [0.5, 0.6) is 0 Å². The number of likely N-dealkylation sites (N-methyl/N-ethyl adjacent to an activating group) is 1. The van der Waals surface area contributed by atoms with Crippen LogP contribution in [-0.4, -0.2) is 32.8 Å². The van der Waals surface area contributed by atoms with E-state index >= 15 is 0 Å². The van der Waals surface area contributed by atoms with Gasteiger partial charge in [-0.15, -0.1) is 11.3 Å². The van der Waals surface area contributed by atoms with Crippen LogP contribution in [0.3, 0.4) is 0 Å². The summed E-state index contributed by atoms with van der Waals surface area (Å²) < 4.78 is 5.48. The highest BCUT2D eigenvalue weighted by Crippen LogP contribution is 2.17. The first-order valence-electron chi connectivity index (χ1n) is 6.36. The monoisotopic (exact) mass is 254 g/mol. The Morgan fingerprint density at radius 1 is 1.35 bits per heavy atom. The highest BCUT2D eigenvalue weighted by atomic mass is 32.1. The van der Waals surface area contributed by atoms with Gasteiger partial charge >= 0.3 is 0 Å². The molecule has 0 aromatic carbocycles. The molecule has 0 radical (unpaired) electrons. The van der Waals surface area contributed by atoms with Crippen molar-refractivity contribution in [2.24, 2.45) is 5.92 Å². The lowest BCUT2D eigenvalue weighted by Crippen LogP contribution is -2.38. The molecule has 0 aliphatic carbocycles. The first-order valence-corrected chi connectivity index (χ1v) is 7.18. The summed E-state index contributed by atoms with van der Waals surface area (Å²) >= 11 is 1.91. The van der Waals surface area contributed by atoms with Crippen molar-refractivity contribution in [1.29, 1.82) is 0 Å². The molecule has 1 fully saturated rings. The molecule has 2 heterocycles. The lowest BCUT2D eigenvalue weighted by molar-refractivity contribution is 0.182. The van der Waals surface area contributed by atoms with Crippen LogP contribution in [0.25, 0.3) is 0 Å². The molecule has 1 aromatic rings. The van der Waals surface area contributed by atoms with E-state index in [0.717, 1.165) is 32.7 Å². The summed E-state index contributed by atoms with van der Waals surface area (Å²) in [7, 11) is 2.01. The second-order valence-corrected chi connectivity index (χ2v) is 5.80. The van der Waals surface area contributed by atoms with E-state index in [4.69, 9.17) is 4.74 Å². The molecule has 2 atom stereocenters. The molecule has 2 N–H and O–H groups in total. The summed E-state index contributed by atoms with van der Waals surface area (Å²) in [6.07, 6.45) is 1.14. The molecule has 2 rings (SSSR count). The molecule has 17 heavy (non-hydrogen) atoms. The third kappa shape index (κ3) is 3.52. The number of nitrogens with one attached hydrogen (secondary N) is 2. The molecule has 1 aliphatic heterocycles. The Morgan fingerprint density at radius 2 is 2.18 bits per heavy atom. The summed E-state index contributed by atoms with van der Waals surface area (Å²) in [5, 5.41) is 6.85. The van der Waals surface area contributed by atoms with Crippen molar-refractivity contribution in [3.63, 3.8) is 0 Å². The van der Waals surface area contributed by atoms with Gasteiger partial charge in [-0.1, -0.05) is 6.92 Å². The van der Waals surface area contributed by atoms with Crippen LogP contribution in [0.15, 0.2) is 12.1 Å². The topological polar surface area (TPSA) is 33.3 Å². The molecule has 4 heteroatoms. The average molecular weight is 254 g/mol. The predicted octanol–water partition coefficient (Wildman–Crippen LogP) is 1.63. The Hall–Kier alpha value is -0.420. The number of hydrogen-bond donors (Lipinski definition) is 2. The zero-order chi connectivity index (χ0) is 12.1. The van der Waals surface area contributed by atoms with Crippen LogP contribution >= 0.6 is 11.3 Å². The van der Waals surface area contributed by atoms with E-state index in [-0.39, 0.29) is 0 Å². The largest absolute Gasteiger partial charge is 0.379 e. The van der Waals surface area contributed by atoms with Crippen molar-refractivity contribution in [3.8, 4) is 0 Å². The number of ether oxygens (including phenoxy) is 1. The molecule has 0 bridgehead atoms. The molecular formula is C13H22N2OS. The van der Waals surface area contributed by atoms with Gasteiger partial charge in [0.15, 0.2) is 0 Å². The van der Waals surface area contributed by atoms with Gasteiger partial charge in [0.2, 0.25) is 0 Å². The van der Waals surface area contributed by atoms with Crippen molar-refractivity contribution in [2.75, 3.05) is 26.8 Å². The maximum absolute atomic E-state index is 5.48. The Kier molecular flexibility index (Phi) is 4.98. The number of hydrogen-bond acceptors (Lipinski definition) is 4. The third-order valence-corrected chi connectivity index (χ3v) is 4.57. The molecule has 2 unspecified atom stereocenters. The lowest BCUT2D eigenvalue weighted by atomic mass is 10.0. The van der Waals surface area contributed by atoms with Gasteiger partial charge in [-0.25, -0.2) is 0 Å². The minimum absolute atomic E-state index is 0.511. The van der Waals surface area contributed by atoms with Crippen LogP contribution in [0.1, 0.15) is 16.7 Å². The van der Waals surface area contributed by atoms with Crippen molar-refractivity contribution < 1.29 is 4.74 Å². The highest BCUT2D eigenvalue weighted by molar-refractivity contribution is 7.11. The van der Waals surface area contributed by atoms with Crippen molar-refractivity contribution in [2.45, 2.75) is 25.9 Å². The van der Waals surface area contributed by atoms with E-state index in [0.29, 0.717) is 12.0 Å². The van der Waals surface area contributed by atoms with Crippen LogP contribution in [0, 0.1) is 5.92 Å². The summed E-state index contributed by atoms with van der Waals surface area (Å²) in [6.45, 7) is 5.95. The Balaban J connectivity index is 1.72. The van der Waals surface area contributed by atoms with Crippen molar-refractivity contribution >= 4 is 11.3 Å². The maximum Gasteiger partial charge on any atom is 0.0623 e. The highest BCUT2D eigenvalue weighted by Gasteiger charge is 2.26. The van der Waals surface area contributed by atoms with E-state index in [1.165, 1.54) is 9.75 Å². The van der Waals surface area contributed by atoms with E-state index in [9.17, 15) is 0 Å².